The van der Waals surface area contributed by atoms with E-state index < -0.39 is 23.2 Å². The number of nitrogens with zero attached hydrogens (tertiary/aromatic N) is 5. The zero-order valence-corrected chi connectivity index (χ0v) is 14.8. The van der Waals surface area contributed by atoms with Crippen molar-refractivity contribution in [1.82, 2.24) is 10.3 Å². The third kappa shape index (κ3) is 4.63. The summed E-state index contributed by atoms with van der Waals surface area (Å²) in [6.07, 6.45) is -3.27. The molecule has 0 saturated carbocycles. The van der Waals surface area contributed by atoms with Crippen LogP contribution in [0.1, 0.15) is 16.8 Å². The number of carbonyl (C=O) groups is 1. The molecular weight excluding hydrogens is 373 g/mol. The van der Waals surface area contributed by atoms with Crippen LogP contribution in [0.5, 0.6) is 0 Å². The van der Waals surface area contributed by atoms with Gasteiger partial charge in [0.05, 0.1) is 35.8 Å². The molecule has 0 atom stereocenters. The third-order valence-electron chi connectivity index (χ3n) is 3.00. The molecule has 12 heteroatoms. The van der Waals surface area contributed by atoms with E-state index in [1.54, 1.807) is 19.1 Å². The van der Waals surface area contributed by atoms with Crippen molar-refractivity contribution in [3.8, 4) is 6.07 Å². The van der Waals surface area contributed by atoms with Crippen molar-refractivity contribution >= 4 is 23.6 Å². The van der Waals surface area contributed by atoms with E-state index in [1.807, 2.05) is 0 Å². The number of rotatable bonds is 5. The van der Waals surface area contributed by atoms with E-state index in [9.17, 15) is 18.0 Å². The summed E-state index contributed by atoms with van der Waals surface area (Å²) in [7, 11) is 3.41. The maximum Gasteiger partial charge on any atom is 0.417 e. The molecular formula is C14H14F3N6O2S+. The summed E-state index contributed by atoms with van der Waals surface area (Å²) in [5.74, 6) is -0.735. The summed E-state index contributed by atoms with van der Waals surface area (Å²) in [4.78, 5) is 17.2. The number of thioether (sulfide) groups is 1. The van der Waals surface area contributed by atoms with Crippen molar-refractivity contribution in [2.45, 2.75) is 18.1 Å². The van der Waals surface area contributed by atoms with Crippen molar-refractivity contribution in [1.29, 1.82) is 5.26 Å². The van der Waals surface area contributed by atoms with Gasteiger partial charge in [-0.15, -0.1) is 0 Å². The summed E-state index contributed by atoms with van der Waals surface area (Å²) in [5.41, 5.74) is -1.58. The van der Waals surface area contributed by atoms with Crippen molar-refractivity contribution in [3.63, 3.8) is 0 Å². The van der Waals surface area contributed by atoms with Gasteiger partial charge < -0.3 is 0 Å². The van der Waals surface area contributed by atoms with Gasteiger partial charge >= 0.3 is 12.1 Å². The second-order valence-corrected chi connectivity index (χ2v) is 6.24. The summed E-state index contributed by atoms with van der Waals surface area (Å²) < 4.78 is 44.1. The van der Waals surface area contributed by atoms with Gasteiger partial charge in [0.1, 0.15) is 11.1 Å². The number of hydrogen-bond donors (Lipinski definition) is 1. The zero-order valence-electron chi connectivity index (χ0n) is 14.0. The van der Waals surface area contributed by atoms with Gasteiger partial charge in [-0.2, -0.15) is 23.4 Å². The number of aryl methyl sites for hydroxylation is 1. The smallest absolute Gasteiger partial charge is 0.288 e. The number of halogens is 3. The van der Waals surface area contributed by atoms with E-state index in [4.69, 9.17) is 9.78 Å². The van der Waals surface area contributed by atoms with Gasteiger partial charge in [0.25, 0.3) is 6.20 Å². The lowest BCUT2D eigenvalue weighted by Gasteiger charge is -2.12. The number of hydrogen-bond acceptors (Lipinski definition) is 7. The highest BCUT2D eigenvalue weighted by Crippen LogP contribution is 2.35. The molecule has 0 fully saturated rings. The predicted molar refractivity (Wildman–Crippen MR) is 84.8 cm³/mol. The van der Waals surface area contributed by atoms with Crippen LogP contribution < -0.4 is 15.1 Å². The van der Waals surface area contributed by atoms with Crippen LogP contribution in [-0.4, -0.2) is 36.0 Å². The highest BCUT2D eigenvalue weighted by Gasteiger charge is 2.35. The van der Waals surface area contributed by atoms with E-state index in [1.165, 1.54) is 24.0 Å². The van der Waals surface area contributed by atoms with Crippen LogP contribution in [0.25, 0.3) is 0 Å². The first kappa shape index (κ1) is 19.5. The van der Waals surface area contributed by atoms with Crippen molar-refractivity contribution in [2.24, 2.45) is 0 Å². The average molecular weight is 387 g/mol. The number of aromatic nitrogens is 3. The number of nitriles is 1. The first-order valence-electron chi connectivity index (χ1n) is 7.09. The Hall–Kier alpha value is -2.81. The highest BCUT2D eigenvalue weighted by atomic mass is 32.2. The SMILES string of the molecule is Cc1cc(C(F)(F)F)c(C#N)c(SCC(=O)Nc2c[n+](N(C)C)no2)n1. The molecule has 0 radical (unpaired) electrons. The van der Waals surface area contributed by atoms with Crippen molar-refractivity contribution < 1.29 is 27.3 Å². The van der Waals surface area contributed by atoms with Crippen molar-refractivity contribution in [3.05, 3.63) is 29.1 Å². The molecule has 1 N–H and O–H groups in total. The Labute approximate surface area is 150 Å². The first-order chi connectivity index (χ1) is 12.1. The van der Waals surface area contributed by atoms with Crippen LogP contribution >= 0.6 is 11.8 Å². The van der Waals surface area contributed by atoms with Crippen LogP contribution in [0.15, 0.2) is 21.8 Å². The first-order valence-corrected chi connectivity index (χ1v) is 8.08. The van der Waals surface area contributed by atoms with Gasteiger partial charge in [-0.1, -0.05) is 11.8 Å². The van der Waals surface area contributed by atoms with Crippen LogP contribution in [0.4, 0.5) is 19.1 Å². The third-order valence-corrected chi connectivity index (χ3v) is 3.97. The molecule has 138 valence electrons. The molecule has 2 aromatic heterocycles. The molecule has 0 saturated heterocycles. The quantitative estimate of drug-likeness (QED) is 0.613. The molecule has 8 nitrogen and oxygen atoms in total. The van der Waals surface area contributed by atoms with Crippen LogP contribution in [0, 0.1) is 18.3 Å². The Kier molecular flexibility index (Phi) is 5.71. The lowest BCUT2D eigenvalue weighted by atomic mass is 10.1. The molecule has 2 aromatic rings. The monoisotopic (exact) mass is 387 g/mol. The summed E-state index contributed by atoms with van der Waals surface area (Å²) in [6.45, 7) is 1.38. The fourth-order valence-electron chi connectivity index (χ4n) is 1.87. The van der Waals surface area contributed by atoms with E-state index >= 15 is 0 Å². The summed E-state index contributed by atoms with van der Waals surface area (Å²) in [5, 5.41) is 16.5. The largest absolute Gasteiger partial charge is 0.417 e. The molecule has 0 spiro atoms. The Morgan fingerprint density at radius 2 is 2.19 bits per heavy atom. The van der Waals surface area contributed by atoms with Crippen LogP contribution in [0.2, 0.25) is 0 Å². The van der Waals surface area contributed by atoms with E-state index in [0.717, 1.165) is 17.8 Å². The fourth-order valence-corrected chi connectivity index (χ4v) is 2.72. The number of carbonyl (C=O) groups excluding carboxylic acids is 1. The Morgan fingerprint density at radius 3 is 2.73 bits per heavy atom. The molecule has 0 unspecified atom stereocenters. The topological polar surface area (TPSA) is 98.9 Å². The maximum absolute atomic E-state index is 13.1. The molecule has 26 heavy (non-hydrogen) atoms. The minimum absolute atomic E-state index is 0.0676. The average Bonchev–Trinajstić information content (AvgIpc) is 3.00. The number of pyridine rings is 1. The highest BCUT2D eigenvalue weighted by molar-refractivity contribution is 8.00. The number of amides is 1. The minimum Gasteiger partial charge on any atom is -0.288 e. The van der Waals surface area contributed by atoms with Gasteiger partial charge in [-0.3, -0.25) is 14.6 Å². The standard InChI is InChI=1S/C14H13F3N6O2S/c1-8-4-10(14(15,16)17)9(5-18)13(19-8)26-7-11(24)20-12-6-23(21-25-12)22(2)3/h4,6H,7H2,1-3H3/p+1. The molecule has 0 bridgehead atoms. The van der Waals surface area contributed by atoms with Gasteiger partial charge in [-0.25, -0.2) is 4.98 Å². The molecule has 0 aliphatic rings. The number of alkyl halides is 3. The molecule has 0 aromatic carbocycles. The van der Waals surface area contributed by atoms with Gasteiger partial charge in [-0.05, 0) is 13.0 Å². The number of anilines is 1. The van der Waals surface area contributed by atoms with E-state index in [-0.39, 0.29) is 22.4 Å². The van der Waals surface area contributed by atoms with Crippen LogP contribution in [0.3, 0.4) is 0 Å². The number of nitrogens with one attached hydrogen (secondary N) is 1. The molecule has 2 rings (SSSR count). The summed E-state index contributed by atoms with van der Waals surface area (Å²) in [6, 6.07) is 2.32. The molecule has 1 amide bonds. The normalized spacial score (nSPS) is 11.1. The minimum atomic E-state index is -4.68. The summed E-state index contributed by atoms with van der Waals surface area (Å²) >= 11 is 0.732. The van der Waals surface area contributed by atoms with Gasteiger partial charge in [0, 0.05) is 5.69 Å². The fraction of sp³-hybridized carbons (Fsp3) is 0.357. The predicted octanol–water partition coefficient (Wildman–Crippen LogP) is 1.48. The Morgan fingerprint density at radius 1 is 1.50 bits per heavy atom. The van der Waals surface area contributed by atoms with Gasteiger partial charge in [0.2, 0.25) is 11.2 Å². The molecule has 0 aliphatic heterocycles. The van der Waals surface area contributed by atoms with E-state index in [0.29, 0.717) is 0 Å². The molecule has 0 aliphatic carbocycles. The Bertz CT molecular complexity index is 859. The lowest BCUT2D eigenvalue weighted by Crippen LogP contribution is -2.53. The zero-order chi connectivity index (χ0) is 19.5. The molecule has 2 heterocycles. The lowest BCUT2D eigenvalue weighted by molar-refractivity contribution is -0.753. The second-order valence-electron chi connectivity index (χ2n) is 5.27. The maximum atomic E-state index is 13.1. The van der Waals surface area contributed by atoms with E-state index in [2.05, 4.69) is 15.6 Å². The van der Waals surface area contributed by atoms with Crippen LogP contribution in [-0.2, 0) is 11.0 Å². The van der Waals surface area contributed by atoms with Gasteiger partial charge in [0.15, 0.2) is 0 Å². The van der Waals surface area contributed by atoms with Crippen molar-refractivity contribution in [2.75, 3.05) is 30.2 Å². The second kappa shape index (κ2) is 7.61. The Balaban J connectivity index is 2.12.